The topological polar surface area (TPSA) is 94.1 Å². The van der Waals surface area contributed by atoms with Crippen LogP contribution in [0.5, 0.6) is 0 Å². The second kappa shape index (κ2) is 5.25. The maximum absolute atomic E-state index is 10.8. The van der Waals surface area contributed by atoms with Crippen LogP contribution in [0.1, 0.15) is 32.1 Å². The number of nitrogens with zero attached hydrogens (tertiary/aromatic N) is 3. The number of benzene rings is 1. The van der Waals surface area contributed by atoms with Crippen LogP contribution in [0, 0.1) is 10.1 Å². The van der Waals surface area contributed by atoms with E-state index in [0.717, 1.165) is 25.8 Å². The maximum atomic E-state index is 10.8. The molecule has 1 atom stereocenters. The van der Waals surface area contributed by atoms with Crippen LogP contribution in [-0.4, -0.2) is 21.6 Å². The van der Waals surface area contributed by atoms with Gasteiger partial charge in [-0.3, -0.25) is 10.1 Å². The van der Waals surface area contributed by atoms with Crippen molar-refractivity contribution < 1.29 is 9.45 Å². The molecule has 1 fully saturated rings. The largest absolute Gasteiger partial charge is 0.337 e. The Balaban J connectivity index is 1.91. The molecule has 2 heterocycles. The van der Waals surface area contributed by atoms with E-state index in [1.807, 2.05) is 6.92 Å². The molecule has 1 aliphatic rings. The van der Waals surface area contributed by atoms with Gasteiger partial charge >= 0.3 is 0 Å². The summed E-state index contributed by atoms with van der Waals surface area (Å²) in [6.45, 7) is 2.96. The highest BCUT2D eigenvalue weighted by molar-refractivity contribution is 5.58. The van der Waals surface area contributed by atoms with E-state index in [9.17, 15) is 10.1 Å². The van der Waals surface area contributed by atoms with Gasteiger partial charge in [0.15, 0.2) is 0 Å². The lowest BCUT2D eigenvalue weighted by Gasteiger charge is -2.31. The van der Waals surface area contributed by atoms with E-state index in [1.54, 1.807) is 12.1 Å². The normalized spacial score (nSPS) is 22.1. The second-order valence-corrected chi connectivity index (χ2v) is 5.45. The Morgan fingerprint density at radius 2 is 2.29 bits per heavy atom. The fraction of sp³-hybridized carbons (Fsp3) is 0.429. The molecule has 0 bridgehead atoms. The van der Waals surface area contributed by atoms with Crippen LogP contribution in [-0.2, 0) is 5.54 Å². The highest BCUT2D eigenvalue weighted by Crippen LogP contribution is 2.30. The zero-order valence-corrected chi connectivity index (χ0v) is 11.7. The number of rotatable bonds is 3. The first-order valence-electron chi connectivity index (χ1n) is 6.92. The maximum Gasteiger partial charge on any atom is 0.270 e. The van der Waals surface area contributed by atoms with Gasteiger partial charge in [0.2, 0.25) is 11.7 Å². The smallest absolute Gasteiger partial charge is 0.270 e. The number of nitro groups is 1. The first kappa shape index (κ1) is 13.7. The van der Waals surface area contributed by atoms with Crippen LogP contribution in [0.3, 0.4) is 0 Å². The Morgan fingerprint density at radius 3 is 3.00 bits per heavy atom. The van der Waals surface area contributed by atoms with Crippen molar-refractivity contribution in [1.82, 2.24) is 15.5 Å². The van der Waals surface area contributed by atoms with E-state index >= 15 is 0 Å². The summed E-state index contributed by atoms with van der Waals surface area (Å²) in [5.74, 6) is 0.908. The summed E-state index contributed by atoms with van der Waals surface area (Å²) in [5.41, 5.74) is 0.281. The molecule has 1 aliphatic heterocycles. The minimum Gasteiger partial charge on any atom is -0.337 e. The summed E-state index contributed by atoms with van der Waals surface area (Å²) >= 11 is 0. The first-order chi connectivity index (χ1) is 10.1. The molecule has 110 valence electrons. The summed E-state index contributed by atoms with van der Waals surface area (Å²) < 4.78 is 5.37. The molecule has 3 rings (SSSR count). The van der Waals surface area contributed by atoms with Crippen molar-refractivity contribution in [1.29, 1.82) is 0 Å². The van der Waals surface area contributed by atoms with E-state index in [1.165, 1.54) is 12.1 Å². The molecule has 7 nitrogen and oxygen atoms in total. The Labute approximate surface area is 121 Å². The summed E-state index contributed by atoms with van der Waals surface area (Å²) in [7, 11) is 0. The van der Waals surface area contributed by atoms with Crippen LogP contribution in [0.25, 0.3) is 11.4 Å². The van der Waals surface area contributed by atoms with Crippen molar-refractivity contribution >= 4 is 5.69 Å². The van der Waals surface area contributed by atoms with Gasteiger partial charge < -0.3 is 9.84 Å². The molecule has 0 aliphatic carbocycles. The van der Waals surface area contributed by atoms with Crippen molar-refractivity contribution in [3.63, 3.8) is 0 Å². The SMILES string of the molecule is CC1(c2nc(-c3cccc([N+](=O)[O-])c3)no2)CCCCN1. The molecule has 0 spiro atoms. The number of piperidine rings is 1. The van der Waals surface area contributed by atoms with E-state index in [-0.39, 0.29) is 11.2 Å². The summed E-state index contributed by atoms with van der Waals surface area (Å²) in [6.07, 6.45) is 3.18. The van der Waals surface area contributed by atoms with Crippen LogP contribution < -0.4 is 5.32 Å². The third-order valence-electron chi connectivity index (χ3n) is 3.83. The number of hydrogen-bond donors (Lipinski definition) is 1. The molecular formula is C14H16N4O3. The Morgan fingerprint density at radius 1 is 1.43 bits per heavy atom. The fourth-order valence-electron chi connectivity index (χ4n) is 2.56. The van der Waals surface area contributed by atoms with Gasteiger partial charge in [-0.2, -0.15) is 4.98 Å². The second-order valence-electron chi connectivity index (χ2n) is 5.45. The van der Waals surface area contributed by atoms with Crippen molar-refractivity contribution in [3.8, 4) is 11.4 Å². The van der Waals surface area contributed by atoms with Crippen molar-refractivity contribution in [3.05, 3.63) is 40.3 Å². The molecule has 2 aromatic rings. The lowest BCUT2D eigenvalue weighted by atomic mass is 9.91. The van der Waals surface area contributed by atoms with Gasteiger partial charge in [0.05, 0.1) is 10.5 Å². The standard InChI is InChI=1S/C14H16N4O3/c1-14(7-2-3-8-15-14)13-16-12(17-21-13)10-5-4-6-11(9-10)18(19)20/h4-6,9,15H,2-3,7-8H2,1H3. The number of non-ortho nitro benzene ring substituents is 1. The number of nitro benzene ring substituents is 1. The summed E-state index contributed by atoms with van der Waals surface area (Å²) in [5, 5.41) is 18.2. The molecule has 21 heavy (non-hydrogen) atoms. The van der Waals surface area contributed by atoms with Gasteiger partial charge in [-0.05, 0) is 32.7 Å². The van der Waals surface area contributed by atoms with Gasteiger partial charge in [-0.15, -0.1) is 0 Å². The van der Waals surface area contributed by atoms with Gasteiger partial charge in [0.25, 0.3) is 5.69 Å². The van der Waals surface area contributed by atoms with Gasteiger partial charge in [0, 0.05) is 17.7 Å². The van der Waals surface area contributed by atoms with Crippen LogP contribution in [0.2, 0.25) is 0 Å². The summed E-state index contributed by atoms with van der Waals surface area (Å²) in [4.78, 5) is 14.8. The lowest BCUT2D eigenvalue weighted by molar-refractivity contribution is -0.384. The lowest BCUT2D eigenvalue weighted by Crippen LogP contribution is -2.43. The molecule has 0 saturated carbocycles. The van der Waals surface area contributed by atoms with Gasteiger partial charge in [0.1, 0.15) is 0 Å². The monoisotopic (exact) mass is 288 g/mol. The van der Waals surface area contributed by atoms with E-state index in [4.69, 9.17) is 4.52 Å². The zero-order chi connectivity index (χ0) is 14.9. The molecular weight excluding hydrogens is 272 g/mol. The highest BCUT2D eigenvalue weighted by atomic mass is 16.6. The van der Waals surface area contributed by atoms with Crippen molar-refractivity contribution in [2.24, 2.45) is 0 Å². The highest BCUT2D eigenvalue weighted by Gasteiger charge is 2.34. The molecule has 1 saturated heterocycles. The minimum atomic E-state index is -0.436. The Hall–Kier alpha value is -2.28. The average molecular weight is 288 g/mol. The van der Waals surface area contributed by atoms with Gasteiger partial charge in [-0.1, -0.05) is 17.3 Å². The van der Waals surface area contributed by atoms with Crippen LogP contribution >= 0.6 is 0 Å². The molecule has 7 heteroatoms. The number of aromatic nitrogens is 2. The number of nitrogens with one attached hydrogen (secondary N) is 1. The molecule has 1 aromatic carbocycles. The van der Waals surface area contributed by atoms with Crippen molar-refractivity contribution in [2.75, 3.05) is 6.54 Å². The molecule has 0 radical (unpaired) electrons. The van der Waals surface area contributed by atoms with Crippen molar-refractivity contribution in [2.45, 2.75) is 31.7 Å². The van der Waals surface area contributed by atoms with E-state index in [0.29, 0.717) is 17.3 Å². The van der Waals surface area contributed by atoms with Crippen LogP contribution in [0.4, 0.5) is 5.69 Å². The average Bonchev–Trinajstić information content (AvgIpc) is 2.99. The summed E-state index contributed by atoms with van der Waals surface area (Å²) in [6, 6.07) is 6.24. The fourth-order valence-corrected chi connectivity index (χ4v) is 2.56. The minimum absolute atomic E-state index is 0.0147. The van der Waals surface area contributed by atoms with Gasteiger partial charge in [-0.25, -0.2) is 0 Å². The molecule has 1 aromatic heterocycles. The molecule has 1 N–H and O–H groups in total. The first-order valence-corrected chi connectivity index (χ1v) is 6.92. The Bertz CT molecular complexity index is 662. The van der Waals surface area contributed by atoms with E-state index in [2.05, 4.69) is 15.5 Å². The van der Waals surface area contributed by atoms with Crippen LogP contribution in [0.15, 0.2) is 28.8 Å². The predicted octanol–water partition coefficient (Wildman–Crippen LogP) is 2.63. The Kier molecular flexibility index (Phi) is 3.42. The third kappa shape index (κ3) is 2.64. The van der Waals surface area contributed by atoms with E-state index < -0.39 is 4.92 Å². The third-order valence-corrected chi connectivity index (χ3v) is 3.83. The molecule has 1 unspecified atom stereocenters. The predicted molar refractivity (Wildman–Crippen MR) is 75.6 cm³/mol. The zero-order valence-electron chi connectivity index (χ0n) is 11.7. The molecule has 0 amide bonds. The number of hydrogen-bond acceptors (Lipinski definition) is 6. The quantitative estimate of drug-likeness (QED) is 0.689.